The maximum absolute atomic E-state index is 12.7. The lowest BCUT2D eigenvalue weighted by Gasteiger charge is -2.40. The summed E-state index contributed by atoms with van der Waals surface area (Å²) in [4.78, 5) is 33.6. The van der Waals surface area contributed by atoms with Gasteiger partial charge in [0.25, 0.3) is 11.8 Å². The number of nitrogens with zero attached hydrogens (tertiary/aromatic N) is 2. The molecule has 2 aromatic heterocycles. The van der Waals surface area contributed by atoms with E-state index in [2.05, 4.69) is 20.6 Å². The summed E-state index contributed by atoms with van der Waals surface area (Å²) in [5.41, 5.74) is 0.787. The third kappa shape index (κ3) is 3.23. The van der Waals surface area contributed by atoms with Crippen LogP contribution in [-0.4, -0.2) is 32.9 Å². The van der Waals surface area contributed by atoms with Crippen LogP contribution in [0.4, 0.5) is 0 Å². The van der Waals surface area contributed by atoms with Crippen LogP contribution in [0.5, 0.6) is 0 Å². The summed E-state index contributed by atoms with van der Waals surface area (Å²) in [6.07, 6.45) is 7.05. The molecule has 26 heavy (non-hydrogen) atoms. The van der Waals surface area contributed by atoms with Gasteiger partial charge in [-0.3, -0.25) is 9.59 Å². The van der Waals surface area contributed by atoms with Crippen molar-refractivity contribution < 1.29 is 9.59 Å². The summed E-state index contributed by atoms with van der Waals surface area (Å²) in [5.74, 6) is -0.234. The zero-order chi connectivity index (χ0) is 18.2. The number of carbonyl (C=O) groups excluding carboxylic acids is 2. The molecule has 4 rings (SSSR count). The first kappa shape index (κ1) is 17.1. The Balaban J connectivity index is 1.48. The second-order valence-corrected chi connectivity index (χ2v) is 8.40. The van der Waals surface area contributed by atoms with Crippen LogP contribution in [0.15, 0.2) is 29.8 Å². The Bertz CT molecular complexity index is 838. The molecule has 0 spiro atoms. The second kappa shape index (κ2) is 6.46. The van der Waals surface area contributed by atoms with Crippen LogP contribution < -0.4 is 10.6 Å². The normalized spacial score (nSPS) is 27.1. The van der Waals surface area contributed by atoms with Crippen molar-refractivity contribution in [2.24, 2.45) is 0 Å². The smallest absolute Gasteiger partial charge is 0.280 e. The average Bonchev–Trinajstić information content (AvgIpc) is 3.22. The van der Waals surface area contributed by atoms with Crippen molar-refractivity contribution in [2.75, 3.05) is 0 Å². The van der Waals surface area contributed by atoms with Crippen LogP contribution in [0.2, 0.25) is 0 Å². The molecule has 2 aliphatic rings. The first-order valence-electron chi connectivity index (χ1n) is 8.98. The van der Waals surface area contributed by atoms with E-state index >= 15 is 0 Å². The van der Waals surface area contributed by atoms with Crippen molar-refractivity contribution in [1.82, 2.24) is 20.6 Å². The summed E-state index contributed by atoms with van der Waals surface area (Å²) in [5, 5.41) is 8.75. The summed E-state index contributed by atoms with van der Waals surface area (Å²) in [7, 11) is 0. The molecule has 2 bridgehead atoms. The molecular formula is C19H22N4O2S. The van der Waals surface area contributed by atoms with Crippen LogP contribution in [0.25, 0.3) is 0 Å². The average molecular weight is 370 g/mol. The summed E-state index contributed by atoms with van der Waals surface area (Å²) >= 11 is 1.35. The third-order valence-electron chi connectivity index (χ3n) is 5.57. The number of fused-ring (bicyclic) bond motifs is 2. The highest BCUT2D eigenvalue weighted by molar-refractivity contribution is 7.11. The van der Waals surface area contributed by atoms with Gasteiger partial charge in [-0.1, -0.05) is 6.07 Å². The molecule has 0 radical (unpaired) electrons. The van der Waals surface area contributed by atoms with Crippen molar-refractivity contribution in [3.8, 4) is 0 Å². The maximum Gasteiger partial charge on any atom is 0.280 e. The zero-order valence-electron chi connectivity index (χ0n) is 14.7. The molecule has 7 heteroatoms. The van der Waals surface area contributed by atoms with Crippen molar-refractivity contribution in [2.45, 2.75) is 56.5 Å². The van der Waals surface area contributed by atoms with E-state index in [-0.39, 0.29) is 22.9 Å². The van der Waals surface area contributed by atoms with Gasteiger partial charge in [-0.2, -0.15) is 0 Å². The molecule has 2 heterocycles. The first-order chi connectivity index (χ1) is 12.5. The van der Waals surface area contributed by atoms with Gasteiger partial charge in [0.05, 0.1) is 0 Å². The number of aryl methyl sites for hydroxylation is 1. The largest absolute Gasteiger partial charge is 0.345 e. The number of pyridine rings is 1. The van der Waals surface area contributed by atoms with Gasteiger partial charge in [0.15, 0.2) is 5.01 Å². The Labute approximate surface area is 156 Å². The number of amides is 2. The summed E-state index contributed by atoms with van der Waals surface area (Å²) < 4.78 is 0. The molecule has 2 N–H and O–H groups in total. The van der Waals surface area contributed by atoms with Gasteiger partial charge < -0.3 is 10.6 Å². The molecule has 2 aliphatic carbocycles. The third-order valence-corrected chi connectivity index (χ3v) is 6.35. The van der Waals surface area contributed by atoms with E-state index in [0.717, 1.165) is 44.2 Å². The van der Waals surface area contributed by atoms with Crippen LogP contribution in [0.3, 0.4) is 0 Å². The van der Waals surface area contributed by atoms with E-state index in [0.29, 0.717) is 10.7 Å². The number of rotatable bonds is 4. The van der Waals surface area contributed by atoms with E-state index in [1.807, 2.05) is 24.4 Å². The second-order valence-electron chi connectivity index (χ2n) is 7.50. The van der Waals surface area contributed by atoms with Crippen LogP contribution in [-0.2, 0) is 0 Å². The fraction of sp³-hybridized carbons (Fsp3) is 0.474. The van der Waals surface area contributed by atoms with Gasteiger partial charge >= 0.3 is 0 Å². The topological polar surface area (TPSA) is 84.0 Å². The fourth-order valence-corrected chi connectivity index (χ4v) is 4.97. The van der Waals surface area contributed by atoms with Gasteiger partial charge in [-0.15, -0.1) is 11.3 Å². The predicted octanol–water partition coefficient (Wildman–Crippen LogP) is 2.85. The molecule has 0 aromatic carbocycles. The molecule has 2 fully saturated rings. The van der Waals surface area contributed by atoms with Crippen molar-refractivity contribution >= 4 is 23.2 Å². The first-order valence-corrected chi connectivity index (χ1v) is 9.86. The summed E-state index contributed by atoms with van der Waals surface area (Å²) in [6, 6.07) is 5.47. The van der Waals surface area contributed by atoms with E-state index in [1.165, 1.54) is 11.3 Å². The van der Waals surface area contributed by atoms with E-state index in [1.54, 1.807) is 12.3 Å². The minimum atomic E-state index is -0.253. The Morgan fingerprint density at radius 2 is 1.81 bits per heavy atom. The van der Waals surface area contributed by atoms with Gasteiger partial charge in [-0.05, 0) is 57.6 Å². The van der Waals surface area contributed by atoms with Crippen molar-refractivity contribution in [1.29, 1.82) is 0 Å². The monoisotopic (exact) mass is 370 g/mol. The number of carbonyl (C=O) groups is 2. The number of nitrogens with one attached hydrogen (secondary N) is 2. The molecule has 6 nitrogen and oxygen atoms in total. The van der Waals surface area contributed by atoms with E-state index in [4.69, 9.17) is 0 Å². The standard InChI is InChI=1S/C19H22N4O2S/c1-13-4-2-5-14(21-13)15(24)22-18-6-3-7-19(12-18,9-8-18)23-16(25)17-20-10-11-26-17/h2,4-5,10-11H,3,6-9,12H2,1H3,(H,22,24)(H,23,25). The van der Waals surface area contributed by atoms with E-state index in [9.17, 15) is 9.59 Å². The fourth-order valence-electron chi connectivity index (χ4n) is 4.44. The molecule has 2 saturated carbocycles. The van der Waals surface area contributed by atoms with Gasteiger partial charge in [0.2, 0.25) is 0 Å². The minimum absolute atomic E-state index is 0.107. The highest BCUT2D eigenvalue weighted by Gasteiger charge is 2.52. The zero-order valence-corrected chi connectivity index (χ0v) is 15.6. The Hall–Kier alpha value is -2.28. The molecule has 2 amide bonds. The lowest BCUT2D eigenvalue weighted by atomic mass is 9.78. The van der Waals surface area contributed by atoms with Gasteiger partial charge in [-0.25, -0.2) is 9.97 Å². The number of hydrogen-bond acceptors (Lipinski definition) is 5. The van der Waals surface area contributed by atoms with Crippen LogP contribution >= 0.6 is 11.3 Å². The minimum Gasteiger partial charge on any atom is -0.345 e. The molecular weight excluding hydrogens is 348 g/mol. The van der Waals surface area contributed by atoms with Crippen LogP contribution in [0.1, 0.15) is 64.5 Å². The number of thiazole rings is 1. The van der Waals surface area contributed by atoms with Crippen molar-refractivity contribution in [3.63, 3.8) is 0 Å². The predicted molar refractivity (Wildman–Crippen MR) is 99.2 cm³/mol. The maximum atomic E-state index is 12.7. The molecule has 2 unspecified atom stereocenters. The molecule has 2 aromatic rings. The molecule has 0 saturated heterocycles. The van der Waals surface area contributed by atoms with Crippen LogP contribution in [0, 0.1) is 6.92 Å². The lowest BCUT2D eigenvalue weighted by Crippen LogP contribution is -2.55. The highest BCUT2D eigenvalue weighted by atomic mass is 32.1. The molecule has 2 atom stereocenters. The quantitative estimate of drug-likeness (QED) is 0.867. The molecule has 136 valence electrons. The lowest BCUT2D eigenvalue weighted by molar-refractivity contribution is 0.0829. The van der Waals surface area contributed by atoms with Gasteiger partial charge in [0.1, 0.15) is 5.69 Å². The SMILES string of the molecule is Cc1cccc(C(=O)NC23CCCC(NC(=O)c4nccs4)(CC2)C3)n1. The molecule has 0 aliphatic heterocycles. The van der Waals surface area contributed by atoms with Gasteiger partial charge in [0, 0.05) is 28.3 Å². The Morgan fingerprint density at radius 1 is 1.08 bits per heavy atom. The number of hydrogen-bond donors (Lipinski definition) is 2. The Kier molecular flexibility index (Phi) is 4.26. The van der Waals surface area contributed by atoms with Crippen molar-refractivity contribution in [3.05, 3.63) is 46.2 Å². The number of aromatic nitrogens is 2. The summed E-state index contributed by atoms with van der Waals surface area (Å²) in [6.45, 7) is 1.88. The highest BCUT2D eigenvalue weighted by Crippen LogP contribution is 2.48. The Morgan fingerprint density at radius 3 is 2.46 bits per heavy atom. The van der Waals surface area contributed by atoms with E-state index < -0.39 is 0 Å².